The van der Waals surface area contributed by atoms with E-state index in [0.29, 0.717) is 27.8 Å². The topological polar surface area (TPSA) is 137 Å². The molecule has 0 bridgehead atoms. The number of nitriles is 1. The number of furan rings is 1. The van der Waals surface area contributed by atoms with Crippen LogP contribution in [0.5, 0.6) is 0 Å². The Balaban J connectivity index is 1.59. The van der Waals surface area contributed by atoms with Crippen molar-refractivity contribution in [2.24, 2.45) is 0 Å². The maximum absolute atomic E-state index is 13.0. The number of ether oxygens (including phenoxy) is 1. The predicted molar refractivity (Wildman–Crippen MR) is 117 cm³/mol. The summed E-state index contributed by atoms with van der Waals surface area (Å²) < 4.78 is 11.8. The van der Waals surface area contributed by atoms with Gasteiger partial charge in [-0.15, -0.1) is 16.4 Å². The number of aryl methyl sites for hydroxylation is 1. The number of hydrogen-bond acceptors (Lipinski definition) is 10. The summed E-state index contributed by atoms with van der Waals surface area (Å²) in [6.07, 6.45) is 2.85. The molecule has 1 aromatic carbocycles. The second kappa shape index (κ2) is 9.80. The van der Waals surface area contributed by atoms with Crippen LogP contribution in [0, 0.1) is 18.3 Å². The minimum atomic E-state index is -1.12. The molecule has 11 heteroatoms. The van der Waals surface area contributed by atoms with Gasteiger partial charge in [0, 0.05) is 22.7 Å². The van der Waals surface area contributed by atoms with Crippen LogP contribution in [0.25, 0.3) is 23.2 Å². The van der Waals surface area contributed by atoms with E-state index >= 15 is 0 Å². The Kier molecular flexibility index (Phi) is 6.47. The Morgan fingerprint density at radius 2 is 2.09 bits per heavy atom. The molecule has 0 fully saturated rings. The van der Waals surface area contributed by atoms with E-state index in [9.17, 15) is 14.9 Å². The molecular formula is C22H16N6O4S. The number of aromatic nitrogens is 5. The fourth-order valence-electron chi connectivity index (χ4n) is 2.89. The first kappa shape index (κ1) is 21.8. The Bertz CT molecular complexity index is 1330. The van der Waals surface area contributed by atoms with Crippen molar-refractivity contribution < 1.29 is 18.7 Å². The zero-order valence-corrected chi connectivity index (χ0v) is 18.1. The van der Waals surface area contributed by atoms with Crippen LogP contribution in [0.4, 0.5) is 0 Å². The molecule has 3 heterocycles. The van der Waals surface area contributed by atoms with E-state index in [2.05, 4.69) is 20.5 Å². The minimum Gasteiger partial charge on any atom is -0.465 e. The van der Waals surface area contributed by atoms with Gasteiger partial charge in [-0.2, -0.15) is 9.94 Å². The summed E-state index contributed by atoms with van der Waals surface area (Å²) in [6, 6.07) is 14.2. The van der Waals surface area contributed by atoms with Gasteiger partial charge in [0.2, 0.25) is 0 Å². The van der Waals surface area contributed by atoms with E-state index in [4.69, 9.17) is 9.15 Å². The average molecular weight is 460 g/mol. The Morgan fingerprint density at radius 1 is 1.27 bits per heavy atom. The van der Waals surface area contributed by atoms with Crippen molar-refractivity contribution in [2.45, 2.75) is 12.8 Å². The zero-order valence-electron chi connectivity index (χ0n) is 17.3. The number of rotatable bonds is 8. The van der Waals surface area contributed by atoms with Crippen molar-refractivity contribution in [2.75, 3.05) is 6.61 Å². The summed E-state index contributed by atoms with van der Waals surface area (Å²) in [5, 5.41) is 23.1. The number of thiazole rings is 1. The summed E-state index contributed by atoms with van der Waals surface area (Å²) >= 11 is 1.20. The molecular weight excluding hydrogens is 444 g/mol. The van der Waals surface area contributed by atoms with Crippen molar-refractivity contribution in [1.29, 1.82) is 5.26 Å². The first-order chi connectivity index (χ1) is 16.1. The second-order valence-corrected chi connectivity index (χ2v) is 7.65. The van der Waals surface area contributed by atoms with Gasteiger partial charge < -0.3 is 9.15 Å². The molecule has 164 valence electrons. The maximum atomic E-state index is 13.0. The predicted octanol–water partition coefficient (Wildman–Crippen LogP) is 3.12. The number of esters is 1. The number of tetrazole rings is 1. The third kappa shape index (κ3) is 4.91. The van der Waals surface area contributed by atoms with Gasteiger partial charge in [-0.1, -0.05) is 30.3 Å². The maximum Gasteiger partial charge on any atom is 0.357 e. The molecule has 0 aliphatic rings. The summed E-state index contributed by atoms with van der Waals surface area (Å²) in [5.74, 6) is -1.92. The Morgan fingerprint density at radius 3 is 2.76 bits per heavy atom. The number of benzene rings is 1. The summed E-state index contributed by atoms with van der Waals surface area (Å²) in [6.45, 7) is 1.15. The molecule has 0 aliphatic carbocycles. The first-order valence-corrected chi connectivity index (χ1v) is 10.6. The van der Waals surface area contributed by atoms with Gasteiger partial charge in [-0.05, 0) is 29.5 Å². The number of carbonyl (C=O) groups excluding carboxylic acids is 2. The lowest BCUT2D eigenvalue weighted by Gasteiger charge is -2.10. The summed E-state index contributed by atoms with van der Waals surface area (Å²) in [7, 11) is 0. The zero-order chi connectivity index (χ0) is 23.2. The van der Waals surface area contributed by atoms with Crippen LogP contribution < -0.4 is 0 Å². The highest BCUT2D eigenvalue weighted by molar-refractivity contribution is 7.09. The molecule has 0 amide bonds. The van der Waals surface area contributed by atoms with Crippen LogP contribution >= 0.6 is 11.3 Å². The SMILES string of the molecule is Cc1csc(C(C#N)C(=O)COC(=O)/C(=C\c2ccco2)n2nnnc2-c2ccccc2)n1. The van der Waals surface area contributed by atoms with Crippen LogP contribution in [-0.2, 0) is 14.3 Å². The van der Waals surface area contributed by atoms with Crippen molar-refractivity contribution in [3.63, 3.8) is 0 Å². The molecule has 33 heavy (non-hydrogen) atoms. The van der Waals surface area contributed by atoms with Crippen LogP contribution in [0.1, 0.15) is 22.4 Å². The van der Waals surface area contributed by atoms with E-state index in [1.165, 1.54) is 28.4 Å². The number of Topliss-reactive ketones (excluding diaryl/α,β-unsaturated/α-hetero) is 1. The summed E-state index contributed by atoms with van der Waals surface area (Å²) in [4.78, 5) is 29.8. The van der Waals surface area contributed by atoms with E-state index in [0.717, 1.165) is 0 Å². The van der Waals surface area contributed by atoms with Gasteiger partial charge in [0.15, 0.2) is 29.8 Å². The van der Waals surface area contributed by atoms with Gasteiger partial charge in [0.05, 0.1) is 12.3 Å². The van der Waals surface area contributed by atoms with E-state index in [1.807, 2.05) is 24.3 Å². The molecule has 0 aliphatic heterocycles. The normalized spacial score (nSPS) is 12.2. The number of carbonyl (C=O) groups is 2. The highest BCUT2D eigenvalue weighted by Gasteiger charge is 2.27. The third-order valence-electron chi connectivity index (χ3n) is 4.44. The fraction of sp³-hybridized carbons (Fsp3) is 0.136. The molecule has 4 aromatic rings. The average Bonchev–Trinajstić information content (AvgIpc) is 3.59. The van der Waals surface area contributed by atoms with Gasteiger partial charge in [0.1, 0.15) is 10.8 Å². The molecule has 0 spiro atoms. The molecule has 10 nitrogen and oxygen atoms in total. The lowest BCUT2D eigenvalue weighted by Crippen LogP contribution is -2.22. The van der Waals surface area contributed by atoms with Gasteiger partial charge in [-0.3, -0.25) is 4.79 Å². The molecule has 1 unspecified atom stereocenters. The number of nitrogens with zero attached hydrogens (tertiary/aromatic N) is 6. The van der Waals surface area contributed by atoms with E-state index < -0.39 is 24.3 Å². The van der Waals surface area contributed by atoms with Crippen molar-refractivity contribution in [3.8, 4) is 17.5 Å². The molecule has 0 radical (unpaired) electrons. The quantitative estimate of drug-likeness (QED) is 0.287. The van der Waals surface area contributed by atoms with Crippen LogP contribution in [0.3, 0.4) is 0 Å². The Hall–Kier alpha value is -4.43. The van der Waals surface area contributed by atoms with Gasteiger partial charge in [0.25, 0.3) is 0 Å². The van der Waals surface area contributed by atoms with Gasteiger partial charge in [-0.25, -0.2) is 9.78 Å². The fourth-order valence-corrected chi connectivity index (χ4v) is 3.76. The molecule has 4 rings (SSSR count). The van der Waals surface area contributed by atoms with Crippen molar-refractivity contribution in [3.05, 3.63) is 70.6 Å². The third-order valence-corrected chi connectivity index (χ3v) is 5.47. The monoisotopic (exact) mass is 460 g/mol. The lowest BCUT2D eigenvalue weighted by molar-refractivity contribution is -0.142. The smallest absolute Gasteiger partial charge is 0.357 e. The highest BCUT2D eigenvalue weighted by Crippen LogP contribution is 2.23. The summed E-state index contributed by atoms with van der Waals surface area (Å²) in [5.41, 5.74) is 1.30. The van der Waals surface area contributed by atoms with Crippen LogP contribution in [0.15, 0.2) is 58.5 Å². The second-order valence-electron chi connectivity index (χ2n) is 6.76. The number of ketones is 1. The highest BCUT2D eigenvalue weighted by atomic mass is 32.1. The molecule has 0 saturated carbocycles. The van der Waals surface area contributed by atoms with E-state index in [-0.39, 0.29) is 5.70 Å². The molecule has 0 N–H and O–H groups in total. The first-order valence-electron chi connectivity index (χ1n) is 9.67. The Labute approximate surface area is 191 Å². The van der Waals surface area contributed by atoms with Crippen molar-refractivity contribution in [1.82, 2.24) is 25.2 Å². The minimum absolute atomic E-state index is 0.0693. The largest absolute Gasteiger partial charge is 0.465 e. The molecule has 1 atom stereocenters. The van der Waals surface area contributed by atoms with Crippen molar-refractivity contribution >= 4 is 34.9 Å². The molecule has 0 saturated heterocycles. The molecule has 3 aromatic heterocycles. The number of hydrogen-bond donors (Lipinski definition) is 0. The van der Waals surface area contributed by atoms with Gasteiger partial charge >= 0.3 is 5.97 Å². The van der Waals surface area contributed by atoms with Crippen LogP contribution in [-0.4, -0.2) is 43.6 Å². The van der Waals surface area contributed by atoms with Crippen LogP contribution in [0.2, 0.25) is 0 Å². The van der Waals surface area contributed by atoms with E-state index in [1.54, 1.807) is 36.6 Å². The lowest BCUT2D eigenvalue weighted by atomic mass is 10.1. The standard InChI is InChI=1S/C22H16N6O4S/c1-14-13-33-21(24-14)17(11-23)19(29)12-32-22(30)18(10-16-8-5-9-31-16)28-20(25-26-27-28)15-6-3-2-4-7-15/h2-10,13,17H,12H2,1H3/b18-10+.